The molecule has 3 aromatic rings. The number of carbonyl (C=O) groups is 1. The lowest BCUT2D eigenvalue weighted by Gasteiger charge is -2.14. The Bertz CT molecular complexity index is 1150. The zero-order chi connectivity index (χ0) is 23.4. The number of rotatable bonds is 6. The van der Waals surface area contributed by atoms with Crippen LogP contribution in [-0.4, -0.2) is 29.2 Å². The molecule has 6 nitrogen and oxygen atoms in total. The number of hydrogen-bond acceptors (Lipinski definition) is 5. The highest BCUT2D eigenvalue weighted by Gasteiger charge is 2.35. The molecule has 4 rings (SSSR count). The number of benzene rings is 2. The average molecular weight is 454 g/mol. The van der Waals surface area contributed by atoms with Gasteiger partial charge in [-0.3, -0.25) is 0 Å². The van der Waals surface area contributed by atoms with Gasteiger partial charge in [0.05, 0.1) is 0 Å². The number of nitrogen functional groups attached to an aromatic ring is 1. The van der Waals surface area contributed by atoms with E-state index >= 15 is 0 Å². The van der Waals surface area contributed by atoms with Gasteiger partial charge in [-0.2, -0.15) is 13.2 Å². The zero-order valence-electron chi connectivity index (χ0n) is 17.5. The third-order valence-corrected chi connectivity index (χ3v) is 5.33. The Balaban J connectivity index is 1.29. The quantitative estimate of drug-likeness (QED) is 0.511. The van der Waals surface area contributed by atoms with Gasteiger partial charge in [0.2, 0.25) is 5.95 Å². The van der Waals surface area contributed by atoms with Crippen molar-refractivity contribution in [3.05, 3.63) is 83.2 Å². The van der Waals surface area contributed by atoms with Gasteiger partial charge in [0.15, 0.2) is 5.69 Å². The van der Waals surface area contributed by atoms with E-state index in [2.05, 4.69) is 27.4 Å². The third kappa shape index (κ3) is 4.97. The molecule has 0 spiro atoms. The second kappa shape index (κ2) is 9.32. The molecule has 1 aliphatic rings. The molecule has 0 bridgehead atoms. The number of alkyl carbamates (subject to hydrolysis) is 1. The number of nitrogens with zero attached hydrogens (tertiary/aromatic N) is 2. The van der Waals surface area contributed by atoms with E-state index in [9.17, 15) is 18.0 Å². The van der Waals surface area contributed by atoms with Gasteiger partial charge in [-0.25, -0.2) is 14.8 Å². The first-order valence-corrected chi connectivity index (χ1v) is 10.3. The number of hydrogen-bond donors (Lipinski definition) is 2. The van der Waals surface area contributed by atoms with Gasteiger partial charge in [-0.1, -0.05) is 60.7 Å². The summed E-state index contributed by atoms with van der Waals surface area (Å²) < 4.78 is 44.6. The lowest BCUT2D eigenvalue weighted by atomic mass is 9.98. The first kappa shape index (κ1) is 22.3. The molecular formula is C24H21F3N4O2. The lowest BCUT2D eigenvalue weighted by Crippen LogP contribution is -2.26. The molecule has 2 aromatic carbocycles. The normalized spacial score (nSPS) is 13.1. The third-order valence-electron chi connectivity index (χ3n) is 5.33. The van der Waals surface area contributed by atoms with E-state index in [-0.39, 0.29) is 24.6 Å². The smallest absolute Gasteiger partial charge is 0.434 e. The van der Waals surface area contributed by atoms with Crippen LogP contribution < -0.4 is 11.1 Å². The zero-order valence-corrected chi connectivity index (χ0v) is 17.5. The van der Waals surface area contributed by atoms with Crippen LogP contribution in [0.15, 0.2) is 60.8 Å². The SMILES string of the molecule is Nc1ncc(C=CCCNC(=O)OCC2c3ccccc3-c3ccccc32)c(C(F)(F)F)n1. The minimum absolute atomic E-state index is 0.0469. The molecule has 0 atom stereocenters. The van der Waals surface area contributed by atoms with E-state index in [1.54, 1.807) is 0 Å². The number of alkyl halides is 3. The van der Waals surface area contributed by atoms with E-state index in [1.165, 1.54) is 12.2 Å². The van der Waals surface area contributed by atoms with Crippen molar-refractivity contribution < 1.29 is 22.7 Å². The van der Waals surface area contributed by atoms with Gasteiger partial charge in [0.1, 0.15) is 6.61 Å². The molecule has 0 saturated heterocycles. The number of carbonyl (C=O) groups excluding carboxylic acids is 1. The highest BCUT2D eigenvalue weighted by molar-refractivity contribution is 5.79. The standard InChI is InChI=1S/C24H21F3N4O2/c25-24(26,27)21-15(13-30-22(28)31-21)7-5-6-12-29-23(32)33-14-20-18-10-3-1-8-16(18)17-9-2-4-11-19(17)20/h1-5,7-11,13,20H,6,12,14H2,(H,29,32)(H2,28,30,31). The van der Waals surface area contributed by atoms with E-state index in [0.29, 0.717) is 6.42 Å². The Morgan fingerprint density at radius 3 is 2.36 bits per heavy atom. The Kier molecular flexibility index (Phi) is 6.30. The number of nitrogens with one attached hydrogen (secondary N) is 1. The van der Waals surface area contributed by atoms with E-state index in [4.69, 9.17) is 10.5 Å². The van der Waals surface area contributed by atoms with Crippen molar-refractivity contribution in [2.45, 2.75) is 18.5 Å². The first-order chi connectivity index (χ1) is 15.8. The number of fused-ring (bicyclic) bond motifs is 3. The molecule has 1 amide bonds. The topological polar surface area (TPSA) is 90.1 Å². The largest absolute Gasteiger partial charge is 0.449 e. The summed E-state index contributed by atoms with van der Waals surface area (Å²) in [7, 11) is 0. The monoisotopic (exact) mass is 454 g/mol. The number of nitrogens with two attached hydrogens (primary N) is 1. The summed E-state index contributed by atoms with van der Waals surface area (Å²) in [6.45, 7) is 0.387. The number of aromatic nitrogens is 2. The first-order valence-electron chi connectivity index (χ1n) is 10.3. The number of anilines is 1. The van der Waals surface area contributed by atoms with Crippen LogP contribution in [0.1, 0.15) is 34.7 Å². The number of amides is 1. The summed E-state index contributed by atoms with van der Waals surface area (Å²) in [5.74, 6) is -0.495. The maximum atomic E-state index is 13.1. The Morgan fingerprint density at radius 2 is 1.73 bits per heavy atom. The second-order valence-corrected chi connectivity index (χ2v) is 7.47. The maximum absolute atomic E-state index is 13.1. The minimum Gasteiger partial charge on any atom is -0.449 e. The molecule has 1 heterocycles. The van der Waals surface area contributed by atoms with Crippen LogP contribution in [0.2, 0.25) is 0 Å². The number of ether oxygens (including phenoxy) is 1. The Morgan fingerprint density at radius 1 is 1.09 bits per heavy atom. The Hall–Kier alpha value is -3.88. The van der Waals surface area contributed by atoms with Crippen molar-refractivity contribution in [2.75, 3.05) is 18.9 Å². The molecule has 170 valence electrons. The molecule has 1 aliphatic carbocycles. The highest BCUT2D eigenvalue weighted by Crippen LogP contribution is 2.44. The molecule has 0 radical (unpaired) electrons. The molecular weight excluding hydrogens is 433 g/mol. The molecule has 0 aliphatic heterocycles. The molecule has 9 heteroatoms. The van der Waals surface area contributed by atoms with Crippen LogP contribution in [-0.2, 0) is 10.9 Å². The summed E-state index contributed by atoms with van der Waals surface area (Å²) in [4.78, 5) is 19.0. The van der Waals surface area contributed by atoms with Gasteiger partial charge in [0.25, 0.3) is 0 Å². The number of halogens is 3. The van der Waals surface area contributed by atoms with Gasteiger partial charge in [0, 0.05) is 24.2 Å². The van der Waals surface area contributed by atoms with Gasteiger partial charge < -0.3 is 15.8 Å². The highest BCUT2D eigenvalue weighted by atomic mass is 19.4. The van der Waals surface area contributed by atoms with E-state index in [1.807, 2.05) is 36.4 Å². The minimum atomic E-state index is -4.64. The summed E-state index contributed by atoms with van der Waals surface area (Å²) >= 11 is 0. The lowest BCUT2D eigenvalue weighted by molar-refractivity contribution is -0.141. The van der Waals surface area contributed by atoms with E-state index in [0.717, 1.165) is 28.5 Å². The summed E-state index contributed by atoms with van der Waals surface area (Å²) in [5.41, 5.74) is 8.45. The van der Waals surface area contributed by atoms with Crippen LogP contribution in [0.3, 0.4) is 0 Å². The van der Waals surface area contributed by atoms with Crippen LogP contribution >= 0.6 is 0 Å². The van der Waals surface area contributed by atoms with Crippen LogP contribution in [0.4, 0.5) is 23.9 Å². The van der Waals surface area contributed by atoms with Gasteiger partial charge in [-0.05, 0) is 28.7 Å². The fourth-order valence-electron chi connectivity index (χ4n) is 3.87. The molecule has 3 N–H and O–H groups in total. The maximum Gasteiger partial charge on any atom is 0.434 e. The van der Waals surface area contributed by atoms with Gasteiger partial charge in [-0.15, -0.1) is 0 Å². The molecule has 33 heavy (non-hydrogen) atoms. The molecule has 1 aromatic heterocycles. The fraction of sp³-hybridized carbons (Fsp3) is 0.208. The predicted molar refractivity (Wildman–Crippen MR) is 118 cm³/mol. The molecule has 0 fully saturated rings. The summed E-state index contributed by atoms with van der Waals surface area (Å²) in [5, 5.41) is 2.61. The Labute approximate surface area is 188 Å². The van der Waals surface area contributed by atoms with E-state index < -0.39 is 23.9 Å². The second-order valence-electron chi connectivity index (χ2n) is 7.47. The fourth-order valence-corrected chi connectivity index (χ4v) is 3.87. The van der Waals surface area contributed by atoms with Crippen molar-refractivity contribution in [2.24, 2.45) is 0 Å². The van der Waals surface area contributed by atoms with Crippen molar-refractivity contribution in [3.8, 4) is 11.1 Å². The van der Waals surface area contributed by atoms with Crippen molar-refractivity contribution in [3.63, 3.8) is 0 Å². The average Bonchev–Trinajstić information content (AvgIpc) is 3.11. The van der Waals surface area contributed by atoms with Gasteiger partial charge >= 0.3 is 12.3 Å². The van der Waals surface area contributed by atoms with Crippen molar-refractivity contribution in [1.29, 1.82) is 0 Å². The van der Waals surface area contributed by atoms with Crippen LogP contribution in [0.5, 0.6) is 0 Å². The molecule has 0 saturated carbocycles. The van der Waals surface area contributed by atoms with Crippen molar-refractivity contribution >= 4 is 18.1 Å². The molecule has 0 unspecified atom stereocenters. The summed E-state index contributed by atoms with van der Waals surface area (Å²) in [6.07, 6.45) is -1.17. The summed E-state index contributed by atoms with van der Waals surface area (Å²) in [6, 6.07) is 16.0. The predicted octanol–water partition coefficient (Wildman–Crippen LogP) is 5.02. The van der Waals surface area contributed by atoms with Crippen LogP contribution in [0.25, 0.3) is 17.2 Å². The van der Waals surface area contributed by atoms with Crippen LogP contribution in [0, 0.1) is 0 Å². The van der Waals surface area contributed by atoms with Crippen molar-refractivity contribution in [1.82, 2.24) is 15.3 Å².